The molecule has 112 valence electrons. The van der Waals surface area contributed by atoms with E-state index in [1.807, 2.05) is 55.5 Å². The van der Waals surface area contributed by atoms with Crippen molar-refractivity contribution in [1.29, 1.82) is 0 Å². The second-order valence-electron chi connectivity index (χ2n) is 4.96. The van der Waals surface area contributed by atoms with Crippen molar-refractivity contribution >= 4 is 17.4 Å². The van der Waals surface area contributed by atoms with Crippen LogP contribution in [0, 0.1) is 0 Å². The van der Waals surface area contributed by atoms with E-state index in [0.29, 0.717) is 23.3 Å². The fourth-order valence-electron chi connectivity index (χ4n) is 2.17. The second kappa shape index (κ2) is 7.36. The van der Waals surface area contributed by atoms with Gasteiger partial charge in [0.2, 0.25) is 0 Å². The zero-order valence-corrected chi connectivity index (χ0v) is 12.8. The first kappa shape index (κ1) is 15.7. The van der Waals surface area contributed by atoms with E-state index in [-0.39, 0.29) is 11.7 Å². The zero-order valence-electron chi connectivity index (χ0n) is 12.8. The summed E-state index contributed by atoms with van der Waals surface area (Å²) in [5.74, 6) is -0.199. The maximum atomic E-state index is 12.4. The van der Waals surface area contributed by atoms with E-state index in [4.69, 9.17) is 0 Å². The summed E-state index contributed by atoms with van der Waals surface area (Å²) in [7, 11) is 0. The summed E-state index contributed by atoms with van der Waals surface area (Å²) >= 11 is 0. The fraction of sp³-hybridized carbons (Fsp3) is 0.158. The highest BCUT2D eigenvalue weighted by molar-refractivity contribution is 6.06. The van der Waals surface area contributed by atoms with Crippen molar-refractivity contribution < 1.29 is 9.59 Å². The molecule has 0 unspecified atom stereocenters. The van der Waals surface area contributed by atoms with Crippen molar-refractivity contribution in [2.45, 2.75) is 20.3 Å². The lowest BCUT2D eigenvalue weighted by molar-refractivity contribution is -0.115. The standard InChI is InChI=1S/C19H19NO2/c1-3-17(21)14(2)18(15-10-6-4-7-11-15)20-19(22)16-12-8-5-9-13-16/h4-13H,3H2,1-2H3,(H,20,22)/b18-14+. The number of carbonyl (C=O) groups is 2. The molecule has 0 heterocycles. The zero-order chi connectivity index (χ0) is 15.9. The van der Waals surface area contributed by atoms with Gasteiger partial charge in [-0.2, -0.15) is 0 Å². The number of hydrogen-bond acceptors (Lipinski definition) is 2. The van der Waals surface area contributed by atoms with Gasteiger partial charge >= 0.3 is 0 Å². The van der Waals surface area contributed by atoms with E-state index in [1.165, 1.54) is 0 Å². The molecule has 0 spiro atoms. The van der Waals surface area contributed by atoms with Crippen molar-refractivity contribution in [3.05, 3.63) is 77.4 Å². The van der Waals surface area contributed by atoms with Crippen molar-refractivity contribution in [3.8, 4) is 0 Å². The molecule has 0 saturated heterocycles. The molecular weight excluding hydrogens is 274 g/mol. The van der Waals surface area contributed by atoms with Gasteiger partial charge < -0.3 is 5.32 Å². The SMILES string of the molecule is CCC(=O)/C(C)=C(/NC(=O)c1ccccc1)c1ccccc1. The first-order chi connectivity index (χ1) is 10.6. The number of ketones is 1. The predicted molar refractivity (Wildman–Crippen MR) is 88.2 cm³/mol. The molecule has 1 amide bonds. The summed E-state index contributed by atoms with van der Waals surface area (Å²) in [6, 6.07) is 18.4. The second-order valence-corrected chi connectivity index (χ2v) is 4.96. The quantitative estimate of drug-likeness (QED) is 0.852. The van der Waals surface area contributed by atoms with E-state index in [1.54, 1.807) is 19.1 Å². The Morgan fingerprint density at radius 1 is 0.864 bits per heavy atom. The molecule has 2 aromatic carbocycles. The number of hydrogen-bond donors (Lipinski definition) is 1. The Kier molecular flexibility index (Phi) is 5.26. The first-order valence-corrected chi connectivity index (χ1v) is 7.29. The Balaban J connectivity index is 2.38. The van der Waals surface area contributed by atoms with Crippen LogP contribution >= 0.6 is 0 Å². The van der Waals surface area contributed by atoms with Gasteiger partial charge in [0.05, 0.1) is 5.70 Å². The molecule has 3 heteroatoms. The van der Waals surface area contributed by atoms with Crippen LogP contribution in [0.5, 0.6) is 0 Å². The number of amides is 1. The molecule has 0 bridgehead atoms. The largest absolute Gasteiger partial charge is 0.321 e. The van der Waals surface area contributed by atoms with E-state index in [2.05, 4.69) is 5.32 Å². The summed E-state index contributed by atoms with van der Waals surface area (Å²) in [6.07, 6.45) is 0.406. The van der Waals surface area contributed by atoms with Crippen LogP contribution in [-0.2, 0) is 4.79 Å². The van der Waals surface area contributed by atoms with Crippen LogP contribution in [-0.4, -0.2) is 11.7 Å². The Bertz CT molecular complexity index is 688. The third-order valence-electron chi connectivity index (χ3n) is 3.45. The van der Waals surface area contributed by atoms with Crippen LogP contribution in [0.15, 0.2) is 66.2 Å². The maximum Gasteiger partial charge on any atom is 0.255 e. The third kappa shape index (κ3) is 3.70. The highest BCUT2D eigenvalue weighted by Crippen LogP contribution is 2.18. The summed E-state index contributed by atoms with van der Waals surface area (Å²) in [5, 5.41) is 2.88. The lowest BCUT2D eigenvalue weighted by atomic mass is 10.0. The molecule has 22 heavy (non-hydrogen) atoms. The van der Waals surface area contributed by atoms with Gasteiger partial charge in [0.15, 0.2) is 5.78 Å². The first-order valence-electron chi connectivity index (χ1n) is 7.29. The molecule has 0 atom stereocenters. The number of nitrogens with one attached hydrogen (secondary N) is 1. The molecule has 3 nitrogen and oxygen atoms in total. The topological polar surface area (TPSA) is 46.2 Å². The molecular formula is C19H19NO2. The Hall–Kier alpha value is -2.68. The van der Waals surface area contributed by atoms with Crippen LogP contribution in [0.2, 0.25) is 0 Å². The normalized spacial score (nSPS) is 11.5. The van der Waals surface area contributed by atoms with Crippen LogP contribution in [0.25, 0.3) is 5.70 Å². The highest BCUT2D eigenvalue weighted by atomic mass is 16.1. The van der Waals surface area contributed by atoms with Gasteiger partial charge in [-0.3, -0.25) is 9.59 Å². The molecule has 0 aliphatic rings. The van der Waals surface area contributed by atoms with Crippen molar-refractivity contribution in [2.75, 3.05) is 0 Å². The van der Waals surface area contributed by atoms with E-state index in [9.17, 15) is 9.59 Å². The highest BCUT2D eigenvalue weighted by Gasteiger charge is 2.15. The van der Waals surface area contributed by atoms with Crippen LogP contribution in [0.1, 0.15) is 36.2 Å². The number of carbonyl (C=O) groups excluding carboxylic acids is 2. The summed E-state index contributed by atoms with van der Waals surface area (Å²) in [5.41, 5.74) is 2.53. The van der Waals surface area contributed by atoms with Gasteiger partial charge in [-0.25, -0.2) is 0 Å². The van der Waals surface area contributed by atoms with E-state index < -0.39 is 0 Å². The Morgan fingerprint density at radius 3 is 1.86 bits per heavy atom. The fourth-order valence-corrected chi connectivity index (χ4v) is 2.17. The molecule has 0 aliphatic heterocycles. The average molecular weight is 293 g/mol. The van der Waals surface area contributed by atoms with Crippen LogP contribution in [0.4, 0.5) is 0 Å². The molecule has 0 aromatic heterocycles. The summed E-state index contributed by atoms with van der Waals surface area (Å²) in [6.45, 7) is 3.56. The number of benzene rings is 2. The summed E-state index contributed by atoms with van der Waals surface area (Å²) in [4.78, 5) is 24.4. The monoisotopic (exact) mass is 293 g/mol. The summed E-state index contributed by atoms with van der Waals surface area (Å²) < 4.78 is 0. The van der Waals surface area contributed by atoms with Crippen molar-refractivity contribution in [1.82, 2.24) is 5.32 Å². The van der Waals surface area contributed by atoms with Gasteiger partial charge in [-0.1, -0.05) is 55.5 Å². The lowest BCUT2D eigenvalue weighted by Gasteiger charge is -2.13. The van der Waals surface area contributed by atoms with Gasteiger partial charge in [-0.05, 0) is 24.6 Å². The third-order valence-corrected chi connectivity index (χ3v) is 3.45. The van der Waals surface area contributed by atoms with Crippen LogP contribution in [0.3, 0.4) is 0 Å². The number of allylic oxidation sites excluding steroid dienone is 1. The predicted octanol–water partition coefficient (Wildman–Crippen LogP) is 3.83. The minimum Gasteiger partial charge on any atom is -0.321 e. The molecule has 0 aliphatic carbocycles. The smallest absolute Gasteiger partial charge is 0.255 e. The van der Waals surface area contributed by atoms with Gasteiger partial charge in [-0.15, -0.1) is 0 Å². The average Bonchev–Trinajstić information content (AvgIpc) is 2.59. The van der Waals surface area contributed by atoms with Gasteiger partial charge in [0, 0.05) is 17.6 Å². The lowest BCUT2D eigenvalue weighted by Crippen LogP contribution is -2.24. The molecule has 0 radical (unpaired) electrons. The van der Waals surface area contributed by atoms with E-state index >= 15 is 0 Å². The van der Waals surface area contributed by atoms with Gasteiger partial charge in [0.25, 0.3) is 5.91 Å². The van der Waals surface area contributed by atoms with Crippen LogP contribution < -0.4 is 5.32 Å². The Labute approximate surface area is 130 Å². The van der Waals surface area contributed by atoms with Crippen molar-refractivity contribution in [3.63, 3.8) is 0 Å². The Morgan fingerprint density at radius 2 is 1.36 bits per heavy atom. The molecule has 0 saturated carbocycles. The number of Topliss-reactive ketones (excluding diaryl/α,β-unsaturated/α-hetero) is 1. The number of rotatable bonds is 5. The van der Waals surface area contributed by atoms with Crippen molar-refractivity contribution in [2.24, 2.45) is 0 Å². The molecule has 1 N–H and O–H groups in total. The maximum absolute atomic E-state index is 12.4. The van der Waals surface area contributed by atoms with E-state index in [0.717, 1.165) is 5.56 Å². The minimum atomic E-state index is -0.220. The molecule has 2 aromatic rings. The minimum absolute atomic E-state index is 0.0206. The molecule has 0 fully saturated rings. The molecule has 2 rings (SSSR count). The van der Waals surface area contributed by atoms with Gasteiger partial charge in [0.1, 0.15) is 0 Å².